The van der Waals surface area contributed by atoms with E-state index in [1.807, 2.05) is 0 Å². The molecule has 0 aliphatic heterocycles. The first-order valence-electron chi connectivity index (χ1n) is 4.08. The van der Waals surface area contributed by atoms with Gasteiger partial charge in [0, 0.05) is 5.92 Å². The summed E-state index contributed by atoms with van der Waals surface area (Å²) >= 11 is 0. The van der Waals surface area contributed by atoms with Gasteiger partial charge >= 0.3 is 0 Å². The smallest absolute Gasteiger partial charge is 0.153 e. The molecule has 12 heavy (non-hydrogen) atoms. The molecule has 0 unspecified atom stereocenters. The van der Waals surface area contributed by atoms with Crippen LogP contribution in [0.5, 0.6) is 0 Å². The number of hydrogen-bond acceptors (Lipinski definition) is 3. The van der Waals surface area contributed by atoms with E-state index in [9.17, 15) is 14.4 Å². The Morgan fingerprint density at radius 1 is 1.08 bits per heavy atom. The summed E-state index contributed by atoms with van der Waals surface area (Å²) in [5.74, 6) is -1.80. The molecule has 1 fully saturated rings. The summed E-state index contributed by atoms with van der Waals surface area (Å²) in [5.41, 5.74) is 0. The van der Waals surface area contributed by atoms with Crippen LogP contribution in [0.3, 0.4) is 0 Å². The minimum Gasteiger partial charge on any atom is -0.299 e. The second-order valence-corrected chi connectivity index (χ2v) is 3.33. The molecule has 1 aliphatic carbocycles. The quantitative estimate of drug-likeness (QED) is 0.582. The van der Waals surface area contributed by atoms with Crippen LogP contribution >= 0.6 is 0 Å². The van der Waals surface area contributed by atoms with E-state index in [0.717, 1.165) is 12.8 Å². The van der Waals surface area contributed by atoms with Gasteiger partial charge < -0.3 is 0 Å². The average Bonchev–Trinajstić information content (AvgIpc) is 2.64. The first-order valence-corrected chi connectivity index (χ1v) is 4.08. The van der Waals surface area contributed by atoms with Crippen LogP contribution in [0.1, 0.15) is 26.7 Å². The van der Waals surface area contributed by atoms with Crippen LogP contribution in [-0.4, -0.2) is 17.3 Å². The first-order chi connectivity index (χ1) is 5.54. The average molecular weight is 168 g/mol. The highest BCUT2D eigenvalue weighted by Gasteiger charge is 2.38. The van der Waals surface area contributed by atoms with Crippen molar-refractivity contribution in [3.05, 3.63) is 0 Å². The van der Waals surface area contributed by atoms with Gasteiger partial charge in [-0.3, -0.25) is 14.4 Å². The van der Waals surface area contributed by atoms with Crippen molar-refractivity contribution in [2.24, 2.45) is 11.8 Å². The van der Waals surface area contributed by atoms with Gasteiger partial charge in [0.05, 0.1) is 0 Å². The molecule has 0 heterocycles. The number of ketones is 3. The van der Waals surface area contributed by atoms with Gasteiger partial charge in [-0.05, 0) is 26.7 Å². The first kappa shape index (κ1) is 9.10. The van der Waals surface area contributed by atoms with Crippen LogP contribution in [0.25, 0.3) is 0 Å². The van der Waals surface area contributed by atoms with Crippen LogP contribution in [0.4, 0.5) is 0 Å². The highest BCUT2D eigenvalue weighted by molar-refractivity contribution is 6.19. The van der Waals surface area contributed by atoms with E-state index in [2.05, 4.69) is 0 Å². The van der Waals surface area contributed by atoms with Crippen LogP contribution in [-0.2, 0) is 14.4 Å². The van der Waals surface area contributed by atoms with Gasteiger partial charge in [-0.2, -0.15) is 0 Å². The summed E-state index contributed by atoms with van der Waals surface area (Å²) in [6.45, 7) is 2.60. The molecule has 3 heteroatoms. The number of carbonyl (C=O) groups is 3. The Labute approximate surface area is 71.1 Å². The second-order valence-electron chi connectivity index (χ2n) is 3.33. The van der Waals surface area contributed by atoms with Crippen molar-refractivity contribution in [1.82, 2.24) is 0 Å². The molecule has 0 N–H and O–H groups in total. The minimum absolute atomic E-state index is 0.0113. The molecule has 0 aromatic rings. The standard InChI is InChI=1S/C9H12O3/c1-5(10)8(6(2)11)9(12)7-3-4-7/h7-8H,3-4H2,1-2H3. The SMILES string of the molecule is CC(=O)C(C(C)=O)C(=O)C1CC1. The molecule has 0 aromatic carbocycles. The highest BCUT2D eigenvalue weighted by Crippen LogP contribution is 2.32. The fourth-order valence-electron chi connectivity index (χ4n) is 1.29. The number of carbonyl (C=O) groups excluding carboxylic acids is 3. The largest absolute Gasteiger partial charge is 0.299 e. The Balaban J connectivity index is 2.70. The van der Waals surface area contributed by atoms with E-state index in [0.29, 0.717) is 0 Å². The molecule has 1 rings (SSSR count). The molecule has 3 nitrogen and oxygen atoms in total. The van der Waals surface area contributed by atoms with E-state index >= 15 is 0 Å². The highest BCUT2D eigenvalue weighted by atomic mass is 16.2. The molecule has 0 aromatic heterocycles. The lowest BCUT2D eigenvalue weighted by molar-refractivity contribution is -0.138. The lowest BCUT2D eigenvalue weighted by atomic mass is 9.93. The van der Waals surface area contributed by atoms with Crippen molar-refractivity contribution in [2.75, 3.05) is 0 Å². The molecule has 0 atom stereocenters. The lowest BCUT2D eigenvalue weighted by Gasteiger charge is -2.06. The zero-order valence-corrected chi connectivity index (χ0v) is 7.29. The van der Waals surface area contributed by atoms with Crippen LogP contribution in [0.2, 0.25) is 0 Å². The fraction of sp³-hybridized carbons (Fsp3) is 0.667. The van der Waals surface area contributed by atoms with Gasteiger partial charge in [0.1, 0.15) is 17.5 Å². The minimum atomic E-state index is -0.975. The van der Waals surface area contributed by atoms with Gasteiger partial charge in [-0.1, -0.05) is 0 Å². The zero-order valence-electron chi connectivity index (χ0n) is 7.29. The van der Waals surface area contributed by atoms with E-state index < -0.39 is 5.92 Å². The van der Waals surface area contributed by atoms with Crippen molar-refractivity contribution in [3.63, 3.8) is 0 Å². The van der Waals surface area contributed by atoms with Gasteiger partial charge in [-0.25, -0.2) is 0 Å². The number of Topliss-reactive ketones (excluding diaryl/α,β-unsaturated/α-hetero) is 3. The third-order valence-electron chi connectivity index (χ3n) is 2.08. The molecule has 0 radical (unpaired) electrons. The Morgan fingerprint density at radius 2 is 1.50 bits per heavy atom. The summed E-state index contributed by atoms with van der Waals surface area (Å²) in [4.78, 5) is 33.2. The Bertz CT molecular complexity index is 224. The van der Waals surface area contributed by atoms with Crippen molar-refractivity contribution in [2.45, 2.75) is 26.7 Å². The third kappa shape index (κ3) is 1.78. The van der Waals surface area contributed by atoms with Crippen LogP contribution in [0.15, 0.2) is 0 Å². The zero-order chi connectivity index (χ0) is 9.30. The van der Waals surface area contributed by atoms with Crippen molar-refractivity contribution < 1.29 is 14.4 Å². The van der Waals surface area contributed by atoms with Crippen molar-refractivity contribution in [3.8, 4) is 0 Å². The molecular formula is C9H12O3. The molecule has 66 valence electrons. The second kappa shape index (κ2) is 3.17. The summed E-state index contributed by atoms with van der Waals surface area (Å²) in [5, 5.41) is 0. The van der Waals surface area contributed by atoms with E-state index in [1.54, 1.807) is 0 Å². The van der Waals surface area contributed by atoms with E-state index in [4.69, 9.17) is 0 Å². The number of hydrogen-bond donors (Lipinski definition) is 0. The molecule has 0 bridgehead atoms. The fourth-order valence-corrected chi connectivity index (χ4v) is 1.29. The van der Waals surface area contributed by atoms with Crippen LogP contribution < -0.4 is 0 Å². The maximum atomic E-state index is 11.3. The topological polar surface area (TPSA) is 51.2 Å². The van der Waals surface area contributed by atoms with E-state index in [1.165, 1.54) is 13.8 Å². The Kier molecular flexibility index (Phi) is 2.40. The maximum absolute atomic E-state index is 11.3. The summed E-state index contributed by atoms with van der Waals surface area (Å²) in [6.07, 6.45) is 1.69. The Morgan fingerprint density at radius 3 is 1.75 bits per heavy atom. The predicted octanol–water partition coefficient (Wildman–Crippen LogP) is 0.760. The van der Waals surface area contributed by atoms with Crippen LogP contribution in [0, 0.1) is 11.8 Å². The summed E-state index contributed by atoms with van der Waals surface area (Å²) in [7, 11) is 0. The van der Waals surface area contributed by atoms with E-state index in [-0.39, 0.29) is 23.3 Å². The molecule has 0 spiro atoms. The molecular weight excluding hydrogens is 156 g/mol. The van der Waals surface area contributed by atoms with Crippen molar-refractivity contribution in [1.29, 1.82) is 0 Å². The molecule has 1 aliphatic rings. The van der Waals surface area contributed by atoms with Gasteiger partial charge in [0.25, 0.3) is 0 Å². The predicted molar refractivity (Wildman–Crippen MR) is 42.6 cm³/mol. The molecule has 0 amide bonds. The molecule has 1 saturated carbocycles. The summed E-state index contributed by atoms with van der Waals surface area (Å²) < 4.78 is 0. The molecule has 0 saturated heterocycles. The van der Waals surface area contributed by atoms with Gasteiger partial charge in [0.2, 0.25) is 0 Å². The maximum Gasteiger partial charge on any atom is 0.153 e. The number of rotatable bonds is 4. The Hall–Kier alpha value is -0.990. The lowest BCUT2D eigenvalue weighted by Crippen LogP contribution is -2.29. The van der Waals surface area contributed by atoms with Crippen molar-refractivity contribution >= 4 is 17.3 Å². The summed E-state index contributed by atoms with van der Waals surface area (Å²) in [6, 6.07) is 0. The van der Waals surface area contributed by atoms with Gasteiger partial charge in [-0.15, -0.1) is 0 Å². The normalized spacial score (nSPS) is 16.2. The third-order valence-corrected chi connectivity index (χ3v) is 2.08. The van der Waals surface area contributed by atoms with Gasteiger partial charge in [0.15, 0.2) is 5.78 Å². The monoisotopic (exact) mass is 168 g/mol.